The van der Waals surface area contributed by atoms with E-state index in [0.29, 0.717) is 12.6 Å². The summed E-state index contributed by atoms with van der Waals surface area (Å²) in [5, 5.41) is 6.31. The molecule has 0 spiro atoms. The molecule has 2 N–H and O–H groups in total. The highest BCUT2D eigenvalue weighted by atomic mass is 16.5. The van der Waals surface area contributed by atoms with Gasteiger partial charge in [-0.1, -0.05) is 26.0 Å². The smallest absolute Gasteiger partial charge is 0.226 e. The van der Waals surface area contributed by atoms with E-state index in [1.54, 1.807) is 0 Å². The molecule has 1 aromatic rings. The number of ether oxygens (including phenoxy) is 1. The number of piperidine rings is 1. The lowest BCUT2D eigenvalue weighted by atomic mass is 10.1. The molecular weight excluding hydrogens is 340 g/mol. The van der Waals surface area contributed by atoms with Gasteiger partial charge in [-0.3, -0.25) is 4.79 Å². The molecule has 0 aromatic heterocycles. The number of carbonyl (C=O) groups is 1. The predicted octanol–water partition coefficient (Wildman–Crippen LogP) is 3.25. The van der Waals surface area contributed by atoms with Crippen molar-refractivity contribution in [1.82, 2.24) is 10.2 Å². The van der Waals surface area contributed by atoms with Crippen LogP contribution >= 0.6 is 0 Å². The van der Waals surface area contributed by atoms with E-state index in [2.05, 4.69) is 29.4 Å². The van der Waals surface area contributed by atoms with Crippen molar-refractivity contribution in [2.75, 3.05) is 31.6 Å². The van der Waals surface area contributed by atoms with Crippen LogP contribution in [0.4, 0.5) is 5.69 Å². The molecule has 1 aliphatic heterocycles. The number of anilines is 1. The largest absolute Gasteiger partial charge is 0.378 e. The van der Waals surface area contributed by atoms with Gasteiger partial charge in [0.1, 0.15) is 0 Å². The van der Waals surface area contributed by atoms with Crippen molar-refractivity contribution in [3.05, 3.63) is 29.8 Å². The molecule has 0 bridgehead atoms. The Morgan fingerprint density at radius 2 is 1.89 bits per heavy atom. The SMILES string of the molecule is CCNC(=NCc1ccc(NC(=O)C(C)C)cc1)N1CCC(OCC)CC1. The molecule has 0 saturated carbocycles. The van der Waals surface area contributed by atoms with Crippen molar-refractivity contribution >= 4 is 17.6 Å². The molecule has 0 aliphatic carbocycles. The lowest BCUT2D eigenvalue weighted by molar-refractivity contribution is -0.118. The third-order valence-electron chi connectivity index (χ3n) is 4.64. The van der Waals surface area contributed by atoms with Gasteiger partial charge < -0.3 is 20.3 Å². The average Bonchev–Trinajstić information content (AvgIpc) is 2.67. The Balaban J connectivity index is 1.93. The van der Waals surface area contributed by atoms with Crippen LogP contribution in [0, 0.1) is 5.92 Å². The minimum atomic E-state index is -0.0242. The van der Waals surface area contributed by atoms with E-state index in [0.717, 1.165) is 56.3 Å². The maximum atomic E-state index is 11.8. The van der Waals surface area contributed by atoms with Crippen LogP contribution in [0.1, 0.15) is 46.1 Å². The Morgan fingerprint density at radius 3 is 2.44 bits per heavy atom. The van der Waals surface area contributed by atoms with Crippen LogP contribution in [-0.2, 0) is 16.1 Å². The number of rotatable bonds is 7. The first-order chi connectivity index (χ1) is 13.0. The van der Waals surface area contributed by atoms with Crippen molar-refractivity contribution in [1.29, 1.82) is 0 Å². The number of nitrogens with one attached hydrogen (secondary N) is 2. The second kappa shape index (κ2) is 10.9. The summed E-state index contributed by atoms with van der Waals surface area (Å²) in [4.78, 5) is 18.9. The molecule has 6 heteroatoms. The van der Waals surface area contributed by atoms with E-state index in [-0.39, 0.29) is 11.8 Å². The fraction of sp³-hybridized carbons (Fsp3) is 0.619. The average molecular weight is 375 g/mol. The van der Waals surface area contributed by atoms with Gasteiger partial charge in [-0.25, -0.2) is 4.99 Å². The number of amides is 1. The molecule has 6 nitrogen and oxygen atoms in total. The Kier molecular flexibility index (Phi) is 8.58. The van der Waals surface area contributed by atoms with Gasteiger partial charge in [0.05, 0.1) is 12.6 Å². The third-order valence-corrected chi connectivity index (χ3v) is 4.64. The van der Waals surface area contributed by atoms with Crippen LogP contribution in [0.3, 0.4) is 0 Å². The fourth-order valence-electron chi connectivity index (χ4n) is 3.04. The molecule has 1 amide bonds. The van der Waals surface area contributed by atoms with Crippen LogP contribution in [0.5, 0.6) is 0 Å². The summed E-state index contributed by atoms with van der Waals surface area (Å²) in [6, 6.07) is 7.91. The Labute approximate surface area is 163 Å². The summed E-state index contributed by atoms with van der Waals surface area (Å²) < 4.78 is 5.74. The minimum Gasteiger partial charge on any atom is -0.378 e. The molecule has 1 aliphatic rings. The van der Waals surface area contributed by atoms with Gasteiger partial charge >= 0.3 is 0 Å². The molecule has 1 fully saturated rings. The van der Waals surface area contributed by atoms with Gasteiger partial charge in [0.2, 0.25) is 5.91 Å². The van der Waals surface area contributed by atoms with Gasteiger partial charge in [0.25, 0.3) is 0 Å². The van der Waals surface area contributed by atoms with Crippen LogP contribution in [0.2, 0.25) is 0 Å². The van der Waals surface area contributed by atoms with Crippen molar-refractivity contribution in [3.8, 4) is 0 Å². The maximum absolute atomic E-state index is 11.8. The lowest BCUT2D eigenvalue weighted by Crippen LogP contribution is -2.47. The summed E-state index contributed by atoms with van der Waals surface area (Å²) >= 11 is 0. The fourth-order valence-corrected chi connectivity index (χ4v) is 3.04. The van der Waals surface area contributed by atoms with E-state index < -0.39 is 0 Å². The Morgan fingerprint density at radius 1 is 1.22 bits per heavy atom. The van der Waals surface area contributed by atoms with E-state index in [4.69, 9.17) is 9.73 Å². The molecule has 0 radical (unpaired) electrons. The van der Waals surface area contributed by atoms with Crippen LogP contribution < -0.4 is 10.6 Å². The normalized spacial score (nSPS) is 15.9. The highest BCUT2D eigenvalue weighted by molar-refractivity contribution is 5.92. The molecule has 1 saturated heterocycles. The standard InChI is InChI=1S/C21H34N4O2/c1-5-22-21(25-13-11-19(12-14-25)27-6-2)23-15-17-7-9-18(10-8-17)24-20(26)16(3)4/h7-10,16,19H,5-6,11-15H2,1-4H3,(H,22,23)(H,24,26). The number of hydrogen-bond acceptors (Lipinski definition) is 3. The highest BCUT2D eigenvalue weighted by Crippen LogP contribution is 2.15. The zero-order valence-electron chi connectivity index (χ0n) is 17.1. The zero-order valence-corrected chi connectivity index (χ0v) is 17.1. The first-order valence-corrected chi connectivity index (χ1v) is 10.1. The quantitative estimate of drug-likeness (QED) is 0.568. The van der Waals surface area contributed by atoms with Crippen LogP contribution in [0.25, 0.3) is 0 Å². The third kappa shape index (κ3) is 6.86. The van der Waals surface area contributed by atoms with E-state index in [9.17, 15) is 4.79 Å². The van der Waals surface area contributed by atoms with Crippen molar-refractivity contribution in [2.24, 2.45) is 10.9 Å². The molecule has 1 heterocycles. The van der Waals surface area contributed by atoms with Gasteiger partial charge in [0, 0.05) is 37.8 Å². The number of aliphatic imine (C=N–C) groups is 1. The van der Waals surface area contributed by atoms with Crippen LogP contribution in [0.15, 0.2) is 29.3 Å². The van der Waals surface area contributed by atoms with Crippen LogP contribution in [-0.4, -0.2) is 49.1 Å². The molecule has 0 atom stereocenters. The van der Waals surface area contributed by atoms with E-state index in [1.165, 1.54) is 0 Å². The summed E-state index contributed by atoms with van der Waals surface area (Å²) in [5.41, 5.74) is 1.95. The summed E-state index contributed by atoms with van der Waals surface area (Å²) in [6.07, 6.45) is 2.47. The second-order valence-corrected chi connectivity index (χ2v) is 7.15. The number of carbonyl (C=O) groups excluding carboxylic acids is 1. The van der Waals surface area contributed by atoms with Crippen molar-refractivity contribution in [3.63, 3.8) is 0 Å². The maximum Gasteiger partial charge on any atom is 0.226 e. The van der Waals surface area contributed by atoms with E-state index >= 15 is 0 Å². The lowest BCUT2D eigenvalue weighted by Gasteiger charge is -2.34. The van der Waals surface area contributed by atoms with E-state index in [1.807, 2.05) is 38.1 Å². The molecule has 1 aromatic carbocycles. The first kappa shape index (κ1) is 21.2. The summed E-state index contributed by atoms with van der Waals surface area (Å²) in [6.45, 7) is 12.1. The molecule has 0 unspecified atom stereocenters. The molecule has 27 heavy (non-hydrogen) atoms. The highest BCUT2D eigenvalue weighted by Gasteiger charge is 2.21. The molecular formula is C21H34N4O2. The number of hydrogen-bond donors (Lipinski definition) is 2. The predicted molar refractivity (Wildman–Crippen MR) is 111 cm³/mol. The number of likely N-dealkylation sites (tertiary alicyclic amines) is 1. The van der Waals surface area contributed by atoms with Gasteiger partial charge in [-0.05, 0) is 44.4 Å². The molecule has 150 valence electrons. The monoisotopic (exact) mass is 374 g/mol. The van der Waals surface area contributed by atoms with Gasteiger partial charge in [-0.15, -0.1) is 0 Å². The number of guanidine groups is 1. The number of nitrogens with zero attached hydrogens (tertiary/aromatic N) is 2. The Bertz CT molecular complexity index is 605. The second-order valence-electron chi connectivity index (χ2n) is 7.15. The summed E-state index contributed by atoms with van der Waals surface area (Å²) in [5.74, 6) is 0.971. The first-order valence-electron chi connectivity index (χ1n) is 10.1. The van der Waals surface area contributed by atoms with Crippen molar-refractivity contribution < 1.29 is 9.53 Å². The summed E-state index contributed by atoms with van der Waals surface area (Å²) in [7, 11) is 0. The minimum absolute atomic E-state index is 0.0242. The number of benzene rings is 1. The van der Waals surface area contributed by atoms with Crippen molar-refractivity contribution in [2.45, 2.75) is 53.2 Å². The van der Waals surface area contributed by atoms with Gasteiger partial charge in [-0.2, -0.15) is 0 Å². The Hall–Kier alpha value is -2.08. The molecule has 2 rings (SSSR count). The van der Waals surface area contributed by atoms with Gasteiger partial charge in [0.15, 0.2) is 5.96 Å². The zero-order chi connectivity index (χ0) is 19.6. The topological polar surface area (TPSA) is 66.0 Å².